The van der Waals surface area contributed by atoms with Gasteiger partial charge < -0.3 is 5.73 Å². The molecule has 0 unspecified atom stereocenters. The lowest BCUT2D eigenvalue weighted by molar-refractivity contribution is 1.10. The maximum Gasteiger partial charge on any atom is 0.154 e. The number of nitrogens with one attached hydrogen (secondary N) is 1. The zero-order valence-electron chi connectivity index (χ0n) is 8.91. The number of anilines is 1. The van der Waals surface area contributed by atoms with Gasteiger partial charge in [-0.15, -0.1) is 22.7 Å². The summed E-state index contributed by atoms with van der Waals surface area (Å²) in [5.74, 6) is 0.464. The summed E-state index contributed by atoms with van der Waals surface area (Å²) >= 11 is 15.1. The second-order valence-corrected chi connectivity index (χ2v) is 6.81. The second-order valence-electron chi connectivity index (χ2n) is 3.57. The average molecular weight is 316 g/mol. The SMILES string of the molecule is Nc1n[nH]c(-c2cc(Cl)sc2Cl)c1-c1cccs1. The topological polar surface area (TPSA) is 54.7 Å². The molecule has 0 aliphatic rings. The van der Waals surface area contributed by atoms with Gasteiger partial charge in [0.15, 0.2) is 5.82 Å². The van der Waals surface area contributed by atoms with E-state index < -0.39 is 0 Å². The van der Waals surface area contributed by atoms with E-state index in [1.54, 1.807) is 11.3 Å². The quantitative estimate of drug-likeness (QED) is 0.716. The Kier molecular flexibility index (Phi) is 3.07. The van der Waals surface area contributed by atoms with E-state index in [1.165, 1.54) is 11.3 Å². The van der Waals surface area contributed by atoms with Crippen molar-refractivity contribution < 1.29 is 0 Å². The summed E-state index contributed by atoms with van der Waals surface area (Å²) in [5, 5.41) is 8.98. The van der Waals surface area contributed by atoms with Crippen molar-refractivity contribution in [2.45, 2.75) is 0 Å². The largest absolute Gasteiger partial charge is 0.382 e. The van der Waals surface area contributed by atoms with E-state index >= 15 is 0 Å². The van der Waals surface area contributed by atoms with Gasteiger partial charge in [0, 0.05) is 10.4 Å². The summed E-state index contributed by atoms with van der Waals surface area (Å²) < 4.78 is 1.27. The first-order chi connectivity index (χ1) is 8.66. The Labute approximate surface area is 121 Å². The Balaban J connectivity index is 2.23. The van der Waals surface area contributed by atoms with Gasteiger partial charge in [-0.2, -0.15) is 5.10 Å². The van der Waals surface area contributed by atoms with Crippen LogP contribution in [0.25, 0.3) is 21.7 Å². The van der Waals surface area contributed by atoms with Crippen LogP contribution in [0.2, 0.25) is 8.67 Å². The van der Waals surface area contributed by atoms with E-state index in [0.717, 1.165) is 21.7 Å². The van der Waals surface area contributed by atoms with Crippen molar-refractivity contribution in [1.82, 2.24) is 10.2 Å². The molecule has 3 N–H and O–H groups in total. The molecule has 92 valence electrons. The first kappa shape index (κ1) is 12.0. The predicted molar refractivity (Wildman–Crippen MR) is 79.6 cm³/mol. The molecule has 3 nitrogen and oxygen atoms in total. The lowest BCUT2D eigenvalue weighted by Gasteiger charge is -2.00. The molecule has 3 aromatic heterocycles. The van der Waals surface area contributed by atoms with E-state index in [0.29, 0.717) is 14.5 Å². The summed E-state index contributed by atoms with van der Waals surface area (Å²) in [5.41, 5.74) is 8.44. The number of halogens is 2. The first-order valence-corrected chi connectivity index (χ1v) is 7.45. The number of H-pyrrole nitrogens is 1. The Hall–Kier alpha value is -1.01. The molecule has 3 heterocycles. The van der Waals surface area contributed by atoms with Crippen molar-refractivity contribution >= 4 is 51.7 Å². The van der Waals surface area contributed by atoms with E-state index in [4.69, 9.17) is 28.9 Å². The molecule has 18 heavy (non-hydrogen) atoms. The van der Waals surface area contributed by atoms with Crippen molar-refractivity contribution in [1.29, 1.82) is 0 Å². The molecule has 0 radical (unpaired) electrons. The summed E-state index contributed by atoms with van der Waals surface area (Å²) in [6, 6.07) is 5.79. The van der Waals surface area contributed by atoms with Crippen molar-refractivity contribution in [3.63, 3.8) is 0 Å². The smallest absolute Gasteiger partial charge is 0.154 e. The summed E-state index contributed by atoms with van der Waals surface area (Å²) in [6.45, 7) is 0. The fourth-order valence-electron chi connectivity index (χ4n) is 1.73. The number of hydrogen-bond donors (Lipinski definition) is 2. The van der Waals surface area contributed by atoms with Gasteiger partial charge in [-0.05, 0) is 17.5 Å². The lowest BCUT2D eigenvalue weighted by Crippen LogP contribution is -1.86. The summed E-state index contributed by atoms with van der Waals surface area (Å²) in [4.78, 5) is 1.05. The Morgan fingerprint density at radius 3 is 2.78 bits per heavy atom. The maximum absolute atomic E-state index is 6.17. The van der Waals surface area contributed by atoms with Crippen LogP contribution in [0.4, 0.5) is 5.82 Å². The highest BCUT2D eigenvalue weighted by atomic mass is 35.5. The van der Waals surface area contributed by atoms with Crippen molar-refractivity contribution in [3.05, 3.63) is 32.3 Å². The molecule has 0 saturated carbocycles. The van der Waals surface area contributed by atoms with Crippen LogP contribution in [0.5, 0.6) is 0 Å². The number of hydrogen-bond acceptors (Lipinski definition) is 4. The van der Waals surface area contributed by atoms with Crippen LogP contribution in [-0.4, -0.2) is 10.2 Å². The minimum absolute atomic E-state index is 0.464. The molecular weight excluding hydrogens is 309 g/mol. The predicted octanol–water partition coefficient (Wildman–Crippen LogP) is 4.76. The van der Waals surface area contributed by atoms with E-state index in [-0.39, 0.29) is 0 Å². The summed E-state index contributed by atoms with van der Waals surface area (Å²) in [7, 11) is 0. The monoisotopic (exact) mass is 315 g/mol. The van der Waals surface area contributed by atoms with Gasteiger partial charge in [-0.1, -0.05) is 29.3 Å². The molecule has 0 spiro atoms. The molecule has 0 atom stereocenters. The molecule has 0 amide bonds. The van der Waals surface area contributed by atoms with Gasteiger partial charge in [0.1, 0.15) is 4.34 Å². The standard InChI is InChI=1S/C11H7Cl2N3S2/c12-7-4-5(10(13)18-7)9-8(11(14)16-15-9)6-2-1-3-17-6/h1-4H,(H3,14,15,16). The number of nitrogens with zero attached hydrogens (tertiary/aromatic N) is 1. The molecule has 0 aliphatic carbocycles. The average Bonchev–Trinajstić information content (AvgIpc) is 2.99. The van der Waals surface area contributed by atoms with E-state index in [9.17, 15) is 0 Å². The highest BCUT2D eigenvalue weighted by molar-refractivity contribution is 7.20. The molecule has 0 aliphatic heterocycles. The normalized spacial score (nSPS) is 11.0. The van der Waals surface area contributed by atoms with Gasteiger partial charge >= 0.3 is 0 Å². The van der Waals surface area contributed by atoms with Crippen LogP contribution in [0.15, 0.2) is 23.6 Å². The number of nitrogen functional groups attached to an aromatic ring is 1. The second kappa shape index (κ2) is 4.59. The molecular formula is C11H7Cl2N3S2. The van der Waals surface area contributed by atoms with Crippen LogP contribution < -0.4 is 5.73 Å². The van der Waals surface area contributed by atoms with Gasteiger partial charge in [0.05, 0.1) is 15.6 Å². The molecule has 3 aromatic rings. The fourth-order valence-corrected chi connectivity index (χ4v) is 3.99. The van der Waals surface area contributed by atoms with Crippen LogP contribution in [0.1, 0.15) is 0 Å². The minimum atomic E-state index is 0.464. The molecule has 0 fully saturated rings. The Bertz CT molecular complexity index is 685. The van der Waals surface area contributed by atoms with Crippen molar-refractivity contribution in [2.24, 2.45) is 0 Å². The van der Waals surface area contributed by atoms with Gasteiger partial charge in [-0.25, -0.2) is 0 Å². The van der Waals surface area contributed by atoms with E-state index in [1.807, 2.05) is 23.6 Å². The Morgan fingerprint density at radius 1 is 1.33 bits per heavy atom. The molecule has 7 heteroatoms. The summed E-state index contributed by atoms with van der Waals surface area (Å²) in [6.07, 6.45) is 0. The first-order valence-electron chi connectivity index (χ1n) is 4.99. The van der Waals surface area contributed by atoms with Crippen LogP contribution >= 0.6 is 45.9 Å². The Morgan fingerprint density at radius 2 is 2.17 bits per heavy atom. The zero-order valence-corrected chi connectivity index (χ0v) is 12.1. The van der Waals surface area contributed by atoms with Crippen LogP contribution in [0.3, 0.4) is 0 Å². The third kappa shape index (κ3) is 1.93. The van der Waals surface area contributed by atoms with Crippen molar-refractivity contribution in [2.75, 3.05) is 5.73 Å². The number of nitrogens with two attached hydrogens (primary N) is 1. The van der Waals surface area contributed by atoms with Crippen LogP contribution in [0, 0.1) is 0 Å². The maximum atomic E-state index is 6.17. The van der Waals surface area contributed by atoms with Gasteiger partial charge in [0.25, 0.3) is 0 Å². The third-order valence-corrected chi connectivity index (χ3v) is 4.86. The van der Waals surface area contributed by atoms with E-state index in [2.05, 4.69) is 10.2 Å². The lowest BCUT2D eigenvalue weighted by atomic mass is 10.1. The fraction of sp³-hybridized carbons (Fsp3) is 0. The van der Waals surface area contributed by atoms with Crippen molar-refractivity contribution in [3.8, 4) is 21.7 Å². The van der Waals surface area contributed by atoms with Crippen LogP contribution in [-0.2, 0) is 0 Å². The molecule has 0 aromatic carbocycles. The number of thiophene rings is 2. The molecule has 0 saturated heterocycles. The number of rotatable bonds is 2. The highest BCUT2D eigenvalue weighted by Gasteiger charge is 2.19. The highest BCUT2D eigenvalue weighted by Crippen LogP contribution is 2.43. The zero-order chi connectivity index (χ0) is 12.7. The molecule has 0 bridgehead atoms. The van der Waals surface area contributed by atoms with Gasteiger partial charge in [-0.3, -0.25) is 5.10 Å². The number of aromatic nitrogens is 2. The van der Waals surface area contributed by atoms with Gasteiger partial charge in [0.2, 0.25) is 0 Å². The third-order valence-electron chi connectivity index (χ3n) is 2.49. The minimum Gasteiger partial charge on any atom is -0.382 e. The molecule has 3 rings (SSSR count). The number of aromatic amines is 1.